The third-order valence-corrected chi connectivity index (χ3v) is 3.93. The predicted molar refractivity (Wildman–Crippen MR) is 73.7 cm³/mol. The van der Waals surface area contributed by atoms with Gasteiger partial charge in [0.2, 0.25) is 0 Å². The maximum Gasteiger partial charge on any atom is 0.185 e. The van der Waals surface area contributed by atoms with Crippen LogP contribution in [0.2, 0.25) is 0 Å². The molecule has 2 heterocycles. The first-order chi connectivity index (χ1) is 8.70. The Morgan fingerprint density at radius 3 is 2.67 bits per heavy atom. The fraction of sp³-hybridized carbons (Fsp3) is 0.385. The van der Waals surface area contributed by atoms with E-state index in [1.54, 1.807) is 36.9 Å². The quantitative estimate of drug-likeness (QED) is 0.901. The van der Waals surface area contributed by atoms with Crippen LogP contribution in [0.15, 0.2) is 30.7 Å². The molecule has 0 saturated heterocycles. The van der Waals surface area contributed by atoms with Crippen LogP contribution in [0.4, 0.5) is 5.13 Å². The molecule has 1 N–H and O–H groups in total. The van der Waals surface area contributed by atoms with Crippen molar-refractivity contribution in [3.63, 3.8) is 0 Å². The Kier molecular flexibility index (Phi) is 4.28. The molecule has 2 aromatic heterocycles. The number of nitrogens with zero attached hydrogens (tertiary/aromatic N) is 3. The summed E-state index contributed by atoms with van der Waals surface area (Å²) in [5.74, 6) is 0. The molecule has 0 aliphatic carbocycles. The number of aromatic nitrogens is 2. The Hall–Kier alpha value is -1.46. The van der Waals surface area contributed by atoms with Crippen LogP contribution in [0, 0.1) is 0 Å². The Balaban J connectivity index is 2.13. The number of rotatable bonds is 5. The molecule has 0 aromatic carbocycles. The lowest BCUT2D eigenvalue weighted by molar-refractivity contribution is 0.203. The summed E-state index contributed by atoms with van der Waals surface area (Å²) >= 11 is 1.54. The highest BCUT2D eigenvalue weighted by molar-refractivity contribution is 7.15. The number of anilines is 1. The minimum atomic E-state index is -0.448. The Labute approximate surface area is 111 Å². The zero-order chi connectivity index (χ0) is 13.0. The highest BCUT2D eigenvalue weighted by atomic mass is 32.1. The molecule has 1 unspecified atom stereocenters. The van der Waals surface area contributed by atoms with Crippen LogP contribution in [0.5, 0.6) is 0 Å². The third kappa shape index (κ3) is 3.05. The van der Waals surface area contributed by atoms with Gasteiger partial charge in [-0.15, -0.1) is 0 Å². The molecule has 0 radical (unpaired) electrons. The summed E-state index contributed by atoms with van der Waals surface area (Å²) in [5, 5.41) is 10.5. The maximum absolute atomic E-state index is 9.52. The van der Waals surface area contributed by atoms with Crippen molar-refractivity contribution in [2.24, 2.45) is 0 Å². The van der Waals surface area contributed by atoms with E-state index in [-0.39, 0.29) is 0 Å². The summed E-state index contributed by atoms with van der Waals surface area (Å²) < 4.78 is 0. The molecule has 18 heavy (non-hydrogen) atoms. The van der Waals surface area contributed by atoms with E-state index in [0.717, 1.165) is 23.1 Å². The Morgan fingerprint density at radius 1 is 1.39 bits per heavy atom. The van der Waals surface area contributed by atoms with E-state index >= 15 is 0 Å². The van der Waals surface area contributed by atoms with Gasteiger partial charge in [0.15, 0.2) is 5.13 Å². The van der Waals surface area contributed by atoms with Gasteiger partial charge in [0.25, 0.3) is 0 Å². The van der Waals surface area contributed by atoms with E-state index in [4.69, 9.17) is 0 Å². The first-order valence-electron chi connectivity index (χ1n) is 5.98. The van der Waals surface area contributed by atoms with E-state index in [0.29, 0.717) is 0 Å². The molecule has 0 bridgehead atoms. The average molecular weight is 263 g/mol. The Morgan fingerprint density at radius 2 is 2.11 bits per heavy atom. The predicted octanol–water partition coefficient (Wildman–Crippen LogP) is 2.62. The summed E-state index contributed by atoms with van der Waals surface area (Å²) in [6.07, 6.45) is 4.90. The van der Waals surface area contributed by atoms with Crippen molar-refractivity contribution >= 4 is 16.5 Å². The van der Waals surface area contributed by atoms with Gasteiger partial charge in [-0.25, -0.2) is 4.98 Å². The normalized spacial score (nSPS) is 12.4. The van der Waals surface area contributed by atoms with Crippen molar-refractivity contribution in [1.29, 1.82) is 0 Å². The monoisotopic (exact) mass is 263 g/mol. The lowest BCUT2D eigenvalue weighted by atomic mass is 10.2. The molecule has 4 nitrogen and oxygen atoms in total. The van der Waals surface area contributed by atoms with Crippen molar-refractivity contribution in [3.05, 3.63) is 41.2 Å². The second-order valence-corrected chi connectivity index (χ2v) is 5.13. The number of hydrogen-bond donors (Lipinski definition) is 1. The third-order valence-electron chi connectivity index (χ3n) is 2.70. The summed E-state index contributed by atoms with van der Waals surface area (Å²) in [4.78, 5) is 11.5. The van der Waals surface area contributed by atoms with Gasteiger partial charge < -0.3 is 10.0 Å². The van der Waals surface area contributed by atoms with Crippen LogP contribution >= 0.6 is 11.3 Å². The first-order valence-corrected chi connectivity index (χ1v) is 6.80. The molecule has 0 amide bonds. The van der Waals surface area contributed by atoms with Crippen molar-refractivity contribution in [2.45, 2.75) is 26.5 Å². The number of thiazole rings is 1. The number of aliphatic hydroxyl groups excluding tert-OH is 1. The lowest BCUT2D eigenvalue weighted by Crippen LogP contribution is -2.21. The van der Waals surface area contributed by atoms with E-state index in [1.165, 1.54) is 5.56 Å². The molecule has 2 rings (SSSR count). The summed E-state index contributed by atoms with van der Waals surface area (Å²) in [6.45, 7) is 5.56. The standard InChI is InChI=1S/C13H17N3OS/c1-3-16(9-11-4-6-14-7-5-11)13-15-8-12(18-13)10(2)17/h4-8,10,17H,3,9H2,1-2H3. The highest BCUT2D eigenvalue weighted by Gasteiger charge is 2.12. The molecule has 2 aromatic rings. The molecule has 5 heteroatoms. The van der Waals surface area contributed by atoms with E-state index in [2.05, 4.69) is 21.8 Å². The van der Waals surface area contributed by atoms with Crippen LogP contribution in [0.1, 0.15) is 30.4 Å². The minimum Gasteiger partial charge on any atom is -0.388 e. The first kappa shape index (κ1) is 13.0. The molecular formula is C13H17N3OS. The van der Waals surface area contributed by atoms with Gasteiger partial charge in [-0.3, -0.25) is 4.98 Å². The van der Waals surface area contributed by atoms with Crippen LogP contribution in [0.3, 0.4) is 0 Å². The van der Waals surface area contributed by atoms with Gasteiger partial charge in [-0.2, -0.15) is 0 Å². The second kappa shape index (κ2) is 5.93. The van der Waals surface area contributed by atoms with Crippen molar-refractivity contribution < 1.29 is 5.11 Å². The van der Waals surface area contributed by atoms with Crippen LogP contribution < -0.4 is 4.90 Å². The molecule has 0 fully saturated rings. The van der Waals surface area contributed by atoms with E-state index < -0.39 is 6.10 Å². The molecule has 96 valence electrons. The molecule has 1 atom stereocenters. The zero-order valence-corrected chi connectivity index (χ0v) is 11.4. The van der Waals surface area contributed by atoms with Crippen LogP contribution in [-0.4, -0.2) is 21.6 Å². The van der Waals surface area contributed by atoms with E-state index in [9.17, 15) is 5.11 Å². The van der Waals surface area contributed by atoms with Crippen LogP contribution in [-0.2, 0) is 6.54 Å². The van der Waals surface area contributed by atoms with Crippen molar-refractivity contribution in [1.82, 2.24) is 9.97 Å². The lowest BCUT2D eigenvalue weighted by Gasteiger charge is -2.19. The largest absolute Gasteiger partial charge is 0.388 e. The van der Waals surface area contributed by atoms with Gasteiger partial charge in [0, 0.05) is 31.7 Å². The van der Waals surface area contributed by atoms with E-state index in [1.807, 2.05) is 12.1 Å². The number of aliphatic hydroxyl groups is 1. The van der Waals surface area contributed by atoms with Gasteiger partial charge >= 0.3 is 0 Å². The summed E-state index contributed by atoms with van der Waals surface area (Å²) in [7, 11) is 0. The molecular weight excluding hydrogens is 246 g/mol. The minimum absolute atomic E-state index is 0.448. The second-order valence-electron chi connectivity index (χ2n) is 4.09. The van der Waals surface area contributed by atoms with Gasteiger partial charge in [0.1, 0.15) is 0 Å². The fourth-order valence-corrected chi connectivity index (χ4v) is 2.55. The van der Waals surface area contributed by atoms with Crippen molar-refractivity contribution in [3.8, 4) is 0 Å². The van der Waals surface area contributed by atoms with Crippen molar-refractivity contribution in [2.75, 3.05) is 11.4 Å². The highest BCUT2D eigenvalue weighted by Crippen LogP contribution is 2.27. The van der Waals surface area contributed by atoms with Gasteiger partial charge in [0.05, 0.1) is 11.0 Å². The van der Waals surface area contributed by atoms with Gasteiger partial charge in [-0.05, 0) is 31.5 Å². The zero-order valence-electron chi connectivity index (χ0n) is 10.6. The molecule has 0 spiro atoms. The van der Waals surface area contributed by atoms with Gasteiger partial charge in [-0.1, -0.05) is 11.3 Å². The topological polar surface area (TPSA) is 49.2 Å². The average Bonchev–Trinajstić information content (AvgIpc) is 2.87. The molecule has 0 saturated carbocycles. The fourth-order valence-electron chi connectivity index (χ4n) is 1.64. The number of pyridine rings is 1. The summed E-state index contributed by atoms with van der Waals surface area (Å²) in [5.41, 5.74) is 1.21. The maximum atomic E-state index is 9.52. The molecule has 0 aliphatic rings. The SMILES string of the molecule is CCN(Cc1ccncc1)c1ncc(C(C)O)s1. The smallest absolute Gasteiger partial charge is 0.185 e. The van der Waals surface area contributed by atoms with Crippen LogP contribution in [0.25, 0.3) is 0 Å². The Bertz CT molecular complexity index is 484. The number of hydrogen-bond acceptors (Lipinski definition) is 5. The summed E-state index contributed by atoms with van der Waals surface area (Å²) in [6, 6.07) is 4.01. The molecule has 0 aliphatic heterocycles.